The first-order chi connectivity index (χ1) is 9.99. The predicted molar refractivity (Wildman–Crippen MR) is 85.7 cm³/mol. The van der Waals surface area contributed by atoms with Crippen LogP contribution in [0.3, 0.4) is 0 Å². The van der Waals surface area contributed by atoms with E-state index in [1.54, 1.807) is 6.07 Å². The summed E-state index contributed by atoms with van der Waals surface area (Å²) in [5, 5.41) is 4.46. The van der Waals surface area contributed by atoms with Gasteiger partial charge in [-0.15, -0.1) is 0 Å². The van der Waals surface area contributed by atoms with E-state index in [2.05, 4.69) is 5.32 Å². The van der Waals surface area contributed by atoms with Gasteiger partial charge in [0.05, 0.1) is 15.6 Å². The second kappa shape index (κ2) is 5.79. The average Bonchev–Trinajstić information content (AvgIpc) is 3.21. The third-order valence-electron chi connectivity index (χ3n) is 4.43. The van der Waals surface area contributed by atoms with E-state index in [-0.39, 0.29) is 5.91 Å². The van der Waals surface area contributed by atoms with Gasteiger partial charge in [-0.25, -0.2) is 0 Å². The average molecular weight is 327 g/mol. The van der Waals surface area contributed by atoms with Gasteiger partial charge >= 0.3 is 0 Å². The van der Waals surface area contributed by atoms with E-state index in [0.717, 1.165) is 37.8 Å². The smallest absolute Gasteiger partial charge is 0.243 e. The van der Waals surface area contributed by atoms with Crippen molar-refractivity contribution < 1.29 is 4.79 Å². The molecule has 21 heavy (non-hydrogen) atoms. The Hall–Kier alpha value is -0.770. The van der Waals surface area contributed by atoms with Crippen LogP contribution < -0.4 is 5.32 Å². The van der Waals surface area contributed by atoms with Gasteiger partial charge in [0.1, 0.15) is 0 Å². The minimum atomic E-state index is -0.404. The van der Waals surface area contributed by atoms with Crippen molar-refractivity contribution in [1.82, 2.24) is 10.2 Å². The van der Waals surface area contributed by atoms with Crippen molar-refractivity contribution in [3.63, 3.8) is 0 Å². The highest BCUT2D eigenvalue weighted by atomic mass is 35.5. The summed E-state index contributed by atoms with van der Waals surface area (Å²) < 4.78 is 0. The van der Waals surface area contributed by atoms with Crippen LogP contribution in [0.1, 0.15) is 38.2 Å². The second-order valence-corrected chi connectivity index (χ2v) is 7.09. The monoisotopic (exact) mass is 326 g/mol. The zero-order valence-corrected chi connectivity index (χ0v) is 13.7. The molecule has 1 aromatic rings. The van der Waals surface area contributed by atoms with Crippen LogP contribution in [0.2, 0.25) is 10.0 Å². The highest BCUT2D eigenvalue weighted by molar-refractivity contribution is 6.42. The number of nitrogens with one attached hydrogen (secondary N) is 1. The fourth-order valence-corrected chi connectivity index (χ4v) is 3.30. The molecule has 1 aromatic carbocycles. The summed E-state index contributed by atoms with van der Waals surface area (Å²) in [7, 11) is 0. The van der Waals surface area contributed by atoms with Crippen molar-refractivity contribution in [2.45, 2.75) is 50.7 Å². The molecule has 1 N–H and O–H groups in total. The summed E-state index contributed by atoms with van der Waals surface area (Å²) in [5.41, 5.74) is 0.630. The minimum Gasteiger partial charge on any atom is -0.334 e. The summed E-state index contributed by atoms with van der Waals surface area (Å²) in [5.74, 6) is 0.216. The number of carbonyl (C=O) groups excluding carboxylic acids is 1. The first-order valence-electron chi connectivity index (χ1n) is 7.50. The summed E-state index contributed by atoms with van der Waals surface area (Å²) in [4.78, 5) is 14.9. The lowest BCUT2D eigenvalue weighted by Gasteiger charge is -2.32. The Morgan fingerprint density at radius 3 is 2.71 bits per heavy atom. The maximum Gasteiger partial charge on any atom is 0.243 e. The number of carbonyl (C=O) groups is 1. The Kier molecular flexibility index (Phi) is 4.17. The van der Waals surface area contributed by atoms with Crippen LogP contribution in [-0.2, 0) is 11.3 Å². The molecule has 2 fully saturated rings. The molecule has 1 saturated heterocycles. The Morgan fingerprint density at radius 1 is 1.38 bits per heavy atom. The fourth-order valence-electron chi connectivity index (χ4n) is 2.98. The molecular formula is C16H20Cl2N2O. The van der Waals surface area contributed by atoms with E-state index >= 15 is 0 Å². The zero-order valence-electron chi connectivity index (χ0n) is 12.2. The molecule has 114 valence electrons. The molecule has 1 unspecified atom stereocenters. The van der Waals surface area contributed by atoms with Crippen LogP contribution in [0.25, 0.3) is 0 Å². The molecule has 3 rings (SSSR count). The minimum absolute atomic E-state index is 0.216. The molecule has 2 aliphatic rings. The SMILES string of the molecule is CC1(C(=O)N(Cc2ccc(Cl)c(Cl)c2)C2CC2)CCCN1. The number of benzene rings is 1. The molecule has 1 saturated carbocycles. The zero-order chi connectivity index (χ0) is 15.0. The van der Waals surface area contributed by atoms with E-state index in [9.17, 15) is 4.79 Å². The number of nitrogens with zero attached hydrogens (tertiary/aromatic N) is 1. The summed E-state index contributed by atoms with van der Waals surface area (Å²) in [6.07, 6.45) is 4.18. The van der Waals surface area contributed by atoms with Crippen molar-refractivity contribution in [3.8, 4) is 0 Å². The third kappa shape index (κ3) is 3.20. The lowest BCUT2D eigenvalue weighted by molar-refractivity contribution is -0.138. The first-order valence-corrected chi connectivity index (χ1v) is 8.25. The standard InChI is InChI=1S/C16H20Cl2N2O/c1-16(7-2-8-19-16)15(21)20(12-4-5-12)10-11-3-6-13(17)14(18)9-11/h3,6,9,12,19H,2,4-5,7-8,10H2,1H3. The molecule has 0 spiro atoms. The molecule has 3 nitrogen and oxygen atoms in total. The molecule has 1 aliphatic carbocycles. The lowest BCUT2D eigenvalue weighted by atomic mass is 9.98. The Bertz CT molecular complexity index is 551. The van der Waals surface area contributed by atoms with Crippen LogP contribution in [0.4, 0.5) is 0 Å². The summed E-state index contributed by atoms with van der Waals surface area (Å²) in [6.45, 7) is 3.55. The van der Waals surface area contributed by atoms with Crippen LogP contribution in [0.15, 0.2) is 18.2 Å². The summed E-state index contributed by atoms with van der Waals surface area (Å²) >= 11 is 12.0. The van der Waals surface area contributed by atoms with Gasteiger partial charge in [0.2, 0.25) is 5.91 Å². The highest BCUT2D eigenvalue weighted by Gasteiger charge is 2.43. The molecule has 0 aromatic heterocycles. The number of hydrogen-bond donors (Lipinski definition) is 1. The topological polar surface area (TPSA) is 32.3 Å². The molecule has 1 heterocycles. The van der Waals surface area contributed by atoms with E-state index in [0.29, 0.717) is 22.6 Å². The molecule has 1 aliphatic heterocycles. The van der Waals surface area contributed by atoms with Crippen molar-refractivity contribution in [3.05, 3.63) is 33.8 Å². The highest BCUT2D eigenvalue weighted by Crippen LogP contribution is 2.33. The number of halogens is 2. The van der Waals surface area contributed by atoms with Gasteiger partial charge in [0.25, 0.3) is 0 Å². The van der Waals surface area contributed by atoms with Gasteiger partial charge < -0.3 is 10.2 Å². The van der Waals surface area contributed by atoms with Crippen LogP contribution >= 0.6 is 23.2 Å². The molecular weight excluding hydrogens is 307 g/mol. The lowest BCUT2D eigenvalue weighted by Crippen LogP contribution is -2.53. The van der Waals surface area contributed by atoms with Crippen LogP contribution in [-0.4, -0.2) is 28.9 Å². The molecule has 5 heteroatoms. The summed E-state index contributed by atoms with van der Waals surface area (Å²) in [6, 6.07) is 5.98. The van der Waals surface area contributed by atoms with E-state index in [1.807, 2.05) is 24.0 Å². The first kappa shape index (κ1) is 15.1. The van der Waals surface area contributed by atoms with E-state index in [1.165, 1.54) is 0 Å². The molecule has 0 bridgehead atoms. The quantitative estimate of drug-likeness (QED) is 0.916. The molecule has 1 amide bonds. The van der Waals surface area contributed by atoms with E-state index in [4.69, 9.17) is 23.2 Å². The molecule has 0 radical (unpaired) electrons. The Morgan fingerprint density at radius 2 is 2.14 bits per heavy atom. The number of hydrogen-bond acceptors (Lipinski definition) is 2. The fraction of sp³-hybridized carbons (Fsp3) is 0.562. The molecule has 1 atom stereocenters. The van der Waals surface area contributed by atoms with Gasteiger partial charge in [-0.3, -0.25) is 4.79 Å². The predicted octanol–water partition coefficient (Wildman–Crippen LogP) is 3.63. The van der Waals surface area contributed by atoms with E-state index < -0.39 is 5.54 Å². The second-order valence-electron chi connectivity index (χ2n) is 6.28. The van der Waals surface area contributed by atoms with Gasteiger partial charge in [0, 0.05) is 12.6 Å². The number of rotatable bonds is 4. The maximum absolute atomic E-state index is 12.9. The van der Waals surface area contributed by atoms with Crippen molar-refractivity contribution >= 4 is 29.1 Å². The van der Waals surface area contributed by atoms with Gasteiger partial charge in [-0.05, 0) is 56.8 Å². The maximum atomic E-state index is 12.9. The Balaban J connectivity index is 1.78. The van der Waals surface area contributed by atoms with Crippen molar-refractivity contribution in [2.75, 3.05) is 6.54 Å². The van der Waals surface area contributed by atoms with Crippen LogP contribution in [0.5, 0.6) is 0 Å². The van der Waals surface area contributed by atoms with Crippen LogP contribution in [0, 0.1) is 0 Å². The third-order valence-corrected chi connectivity index (χ3v) is 5.17. The largest absolute Gasteiger partial charge is 0.334 e. The van der Waals surface area contributed by atoms with Crippen molar-refractivity contribution in [1.29, 1.82) is 0 Å². The Labute approximate surface area is 135 Å². The van der Waals surface area contributed by atoms with Crippen molar-refractivity contribution in [2.24, 2.45) is 0 Å². The van der Waals surface area contributed by atoms with Gasteiger partial charge in [-0.2, -0.15) is 0 Å². The van der Waals surface area contributed by atoms with Gasteiger partial charge in [-0.1, -0.05) is 29.3 Å². The normalized spacial score (nSPS) is 25.1. The number of amides is 1. The van der Waals surface area contributed by atoms with Gasteiger partial charge in [0.15, 0.2) is 0 Å².